The van der Waals surface area contributed by atoms with Crippen molar-refractivity contribution in [2.24, 2.45) is 0 Å². The predicted molar refractivity (Wildman–Crippen MR) is 48.9 cm³/mol. The lowest BCUT2D eigenvalue weighted by atomic mass is 10.2. The van der Waals surface area contributed by atoms with Gasteiger partial charge in [-0.25, -0.2) is 0 Å². The smallest absolute Gasteiger partial charge is 0.0893 e. The fourth-order valence-corrected chi connectivity index (χ4v) is 1.75. The number of hydrogen-bond acceptors (Lipinski definition) is 4. The van der Waals surface area contributed by atoms with Crippen LogP contribution in [-0.2, 0) is 6.54 Å². The van der Waals surface area contributed by atoms with Crippen molar-refractivity contribution in [1.29, 1.82) is 0 Å². The van der Waals surface area contributed by atoms with Gasteiger partial charge in [0.25, 0.3) is 0 Å². The van der Waals surface area contributed by atoms with Gasteiger partial charge >= 0.3 is 0 Å². The summed E-state index contributed by atoms with van der Waals surface area (Å²) in [6.45, 7) is 0.850. The Hall–Kier alpha value is -0.740. The standard InChI is InChI=1S/C8H11N3S/c1-2-4-7(3-1)9-5-8-6-12-11-10-8/h1-2,6-7,9H,3-5H2. The van der Waals surface area contributed by atoms with Crippen molar-refractivity contribution in [1.82, 2.24) is 14.9 Å². The van der Waals surface area contributed by atoms with Gasteiger partial charge in [0.2, 0.25) is 0 Å². The van der Waals surface area contributed by atoms with Gasteiger partial charge < -0.3 is 5.32 Å². The van der Waals surface area contributed by atoms with Crippen molar-refractivity contribution >= 4 is 11.5 Å². The van der Waals surface area contributed by atoms with E-state index in [4.69, 9.17) is 0 Å². The summed E-state index contributed by atoms with van der Waals surface area (Å²) in [5.41, 5.74) is 1.05. The number of aromatic nitrogens is 2. The van der Waals surface area contributed by atoms with Crippen LogP contribution in [-0.4, -0.2) is 15.6 Å². The molecule has 0 aromatic carbocycles. The molecule has 0 fully saturated rings. The van der Waals surface area contributed by atoms with Crippen LogP contribution >= 0.6 is 11.5 Å². The Morgan fingerprint density at radius 2 is 2.33 bits per heavy atom. The molecule has 0 unspecified atom stereocenters. The second-order valence-corrected chi connectivity index (χ2v) is 3.53. The van der Waals surface area contributed by atoms with E-state index in [2.05, 4.69) is 27.1 Å². The van der Waals surface area contributed by atoms with E-state index in [0.717, 1.165) is 25.1 Å². The summed E-state index contributed by atoms with van der Waals surface area (Å²) in [5.74, 6) is 0. The third kappa shape index (κ3) is 1.89. The topological polar surface area (TPSA) is 37.8 Å². The summed E-state index contributed by atoms with van der Waals surface area (Å²) >= 11 is 1.41. The Morgan fingerprint density at radius 3 is 3.00 bits per heavy atom. The molecule has 0 bridgehead atoms. The van der Waals surface area contributed by atoms with E-state index in [1.807, 2.05) is 5.38 Å². The lowest BCUT2D eigenvalue weighted by Gasteiger charge is -2.09. The van der Waals surface area contributed by atoms with Crippen LogP contribution < -0.4 is 5.32 Å². The quantitative estimate of drug-likeness (QED) is 0.715. The average molecular weight is 181 g/mol. The van der Waals surface area contributed by atoms with Crippen molar-refractivity contribution in [3.8, 4) is 0 Å². The zero-order valence-electron chi connectivity index (χ0n) is 6.73. The lowest BCUT2D eigenvalue weighted by Crippen LogP contribution is -2.25. The highest BCUT2D eigenvalue weighted by Gasteiger charge is 2.09. The van der Waals surface area contributed by atoms with Gasteiger partial charge in [0.05, 0.1) is 5.69 Å². The first-order valence-electron chi connectivity index (χ1n) is 4.09. The van der Waals surface area contributed by atoms with Crippen LogP contribution in [0.2, 0.25) is 0 Å². The molecule has 1 N–H and O–H groups in total. The second kappa shape index (κ2) is 3.78. The molecule has 1 aliphatic carbocycles. The van der Waals surface area contributed by atoms with Gasteiger partial charge in [-0.3, -0.25) is 0 Å². The fourth-order valence-electron chi connectivity index (χ4n) is 1.29. The Labute approximate surface area is 75.7 Å². The minimum absolute atomic E-state index is 0.617. The van der Waals surface area contributed by atoms with Gasteiger partial charge in [-0.05, 0) is 24.4 Å². The van der Waals surface area contributed by atoms with Crippen molar-refractivity contribution in [3.05, 3.63) is 23.2 Å². The zero-order valence-corrected chi connectivity index (χ0v) is 7.55. The summed E-state index contributed by atoms with van der Waals surface area (Å²) in [6, 6.07) is 0.617. The van der Waals surface area contributed by atoms with E-state index in [-0.39, 0.29) is 0 Å². The lowest BCUT2D eigenvalue weighted by molar-refractivity contribution is 0.533. The second-order valence-electron chi connectivity index (χ2n) is 2.92. The third-order valence-electron chi connectivity index (χ3n) is 1.98. The molecule has 0 aliphatic heterocycles. The molecule has 12 heavy (non-hydrogen) atoms. The number of nitrogens with zero attached hydrogens (tertiary/aromatic N) is 2. The predicted octanol–water partition coefficient (Wildman–Crippen LogP) is 1.35. The molecule has 64 valence electrons. The molecule has 4 heteroatoms. The first-order chi connectivity index (χ1) is 5.95. The van der Waals surface area contributed by atoms with Crippen LogP contribution in [0.4, 0.5) is 0 Å². The highest BCUT2D eigenvalue weighted by molar-refractivity contribution is 7.03. The molecule has 0 atom stereocenters. The summed E-state index contributed by atoms with van der Waals surface area (Å²) in [5, 5.41) is 9.37. The highest BCUT2D eigenvalue weighted by atomic mass is 32.1. The Bertz CT molecular complexity index is 247. The molecule has 1 aromatic heterocycles. The molecule has 1 aliphatic rings. The Kier molecular flexibility index (Phi) is 2.48. The van der Waals surface area contributed by atoms with Crippen molar-refractivity contribution in [2.75, 3.05) is 0 Å². The number of hydrogen-bond donors (Lipinski definition) is 1. The van der Waals surface area contributed by atoms with Crippen LogP contribution in [0.1, 0.15) is 18.5 Å². The monoisotopic (exact) mass is 181 g/mol. The van der Waals surface area contributed by atoms with Crippen LogP contribution in [0.5, 0.6) is 0 Å². The molecule has 0 saturated carbocycles. The maximum absolute atomic E-state index is 3.96. The average Bonchev–Trinajstić information content (AvgIpc) is 2.74. The Balaban J connectivity index is 1.75. The van der Waals surface area contributed by atoms with E-state index < -0.39 is 0 Å². The molecule has 0 saturated heterocycles. The SMILES string of the molecule is C1=CCC(NCc2csnn2)C1. The molecule has 0 amide bonds. The molecule has 3 nitrogen and oxygen atoms in total. The van der Waals surface area contributed by atoms with Gasteiger partial charge in [-0.15, -0.1) is 5.10 Å². The normalized spacial score (nSPS) is 17.3. The van der Waals surface area contributed by atoms with E-state index in [1.54, 1.807) is 0 Å². The van der Waals surface area contributed by atoms with E-state index in [9.17, 15) is 0 Å². The number of nitrogens with one attached hydrogen (secondary N) is 1. The summed E-state index contributed by atoms with van der Waals surface area (Å²) in [6.07, 6.45) is 6.74. The largest absolute Gasteiger partial charge is 0.308 e. The van der Waals surface area contributed by atoms with Crippen LogP contribution in [0.15, 0.2) is 17.5 Å². The highest BCUT2D eigenvalue weighted by Crippen LogP contribution is 2.09. The van der Waals surface area contributed by atoms with Gasteiger partial charge in [0.15, 0.2) is 0 Å². The maximum atomic E-state index is 3.96. The first-order valence-corrected chi connectivity index (χ1v) is 4.93. The molecule has 0 radical (unpaired) electrons. The van der Waals surface area contributed by atoms with Crippen molar-refractivity contribution < 1.29 is 0 Å². The molecule has 2 rings (SSSR count). The van der Waals surface area contributed by atoms with Crippen molar-refractivity contribution in [2.45, 2.75) is 25.4 Å². The molecule has 1 aromatic rings. The van der Waals surface area contributed by atoms with E-state index in [1.165, 1.54) is 11.5 Å². The fraction of sp³-hybridized carbons (Fsp3) is 0.500. The van der Waals surface area contributed by atoms with Crippen LogP contribution in [0.3, 0.4) is 0 Å². The van der Waals surface area contributed by atoms with E-state index >= 15 is 0 Å². The molecular weight excluding hydrogens is 170 g/mol. The number of rotatable bonds is 3. The van der Waals surface area contributed by atoms with Crippen LogP contribution in [0, 0.1) is 0 Å². The van der Waals surface area contributed by atoms with Gasteiger partial charge in [0.1, 0.15) is 0 Å². The summed E-state index contributed by atoms with van der Waals surface area (Å²) in [7, 11) is 0. The van der Waals surface area contributed by atoms with Gasteiger partial charge in [0, 0.05) is 18.0 Å². The van der Waals surface area contributed by atoms with Gasteiger partial charge in [-0.2, -0.15) is 0 Å². The van der Waals surface area contributed by atoms with Crippen LogP contribution in [0.25, 0.3) is 0 Å². The van der Waals surface area contributed by atoms with Gasteiger partial charge in [-0.1, -0.05) is 16.6 Å². The molecule has 0 spiro atoms. The minimum atomic E-state index is 0.617. The third-order valence-corrected chi connectivity index (χ3v) is 2.54. The van der Waals surface area contributed by atoms with Crippen molar-refractivity contribution in [3.63, 3.8) is 0 Å². The Morgan fingerprint density at radius 1 is 1.50 bits per heavy atom. The zero-order chi connectivity index (χ0) is 8.23. The molecule has 1 heterocycles. The van der Waals surface area contributed by atoms with E-state index in [0.29, 0.717) is 6.04 Å². The minimum Gasteiger partial charge on any atom is -0.308 e. The first kappa shape index (κ1) is 7.89. The summed E-state index contributed by atoms with van der Waals surface area (Å²) < 4.78 is 3.80. The summed E-state index contributed by atoms with van der Waals surface area (Å²) in [4.78, 5) is 0. The maximum Gasteiger partial charge on any atom is 0.0893 e. The molecular formula is C8H11N3S.